The maximum Gasteiger partial charge on any atom is 0.325 e. The molecule has 3 rings (SSSR count). The van der Waals surface area contributed by atoms with Gasteiger partial charge in [-0.3, -0.25) is 14.5 Å². The van der Waals surface area contributed by atoms with E-state index in [1.165, 1.54) is 4.90 Å². The van der Waals surface area contributed by atoms with Crippen molar-refractivity contribution < 1.29 is 14.4 Å². The lowest BCUT2D eigenvalue weighted by molar-refractivity contribution is -0.139. The zero-order valence-electron chi connectivity index (χ0n) is 16.9. The molecule has 2 atom stereocenters. The van der Waals surface area contributed by atoms with Gasteiger partial charge < -0.3 is 10.2 Å². The fraction of sp³-hybridized carbons (Fsp3) is 0.318. The second kappa shape index (κ2) is 7.87. The average molecular weight is 414 g/mol. The lowest BCUT2D eigenvalue weighted by Crippen LogP contribution is -2.44. The molecule has 4 amide bonds. The van der Waals surface area contributed by atoms with Crippen LogP contribution in [0.5, 0.6) is 0 Å². The van der Waals surface area contributed by atoms with Gasteiger partial charge in [0.15, 0.2) is 0 Å². The van der Waals surface area contributed by atoms with Crippen LogP contribution in [0.2, 0.25) is 5.02 Å². The van der Waals surface area contributed by atoms with Crippen molar-refractivity contribution in [2.75, 3.05) is 13.6 Å². The smallest absolute Gasteiger partial charge is 0.325 e. The highest BCUT2D eigenvalue weighted by molar-refractivity contribution is 6.30. The summed E-state index contributed by atoms with van der Waals surface area (Å²) in [5.74, 6) is -0.767. The number of rotatable bonds is 5. The molecule has 2 unspecified atom stereocenters. The van der Waals surface area contributed by atoms with E-state index in [-0.39, 0.29) is 18.5 Å². The zero-order chi connectivity index (χ0) is 21.3. The summed E-state index contributed by atoms with van der Waals surface area (Å²) in [5, 5.41) is 3.34. The van der Waals surface area contributed by atoms with Gasteiger partial charge >= 0.3 is 6.03 Å². The molecule has 0 aromatic heterocycles. The summed E-state index contributed by atoms with van der Waals surface area (Å²) < 4.78 is 0. The summed E-state index contributed by atoms with van der Waals surface area (Å²) in [5.41, 5.74) is 1.45. The number of imide groups is 1. The number of halogens is 1. The Labute approximate surface area is 175 Å². The topological polar surface area (TPSA) is 69.7 Å². The highest BCUT2D eigenvalue weighted by Gasteiger charge is 2.49. The van der Waals surface area contributed by atoms with Gasteiger partial charge in [-0.25, -0.2) is 4.79 Å². The Morgan fingerprint density at radius 2 is 1.72 bits per heavy atom. The molecule has 1 aliphatic rings. The van der Waals surface area contributed by atoms with Crippen LogP contribution < -0.4 is 5.32 Å². The van der Waals surface area contributed by atoms with Crippen LogP contribution in [0.25, 0.3) is 0 Å². The Morgan fingerprint density at radius 1 is 1.14 bits per heavy atom. The van der Waals surface area contributed by atoms with Crippen molar-refractivity contribution in [3.8, 4) is 0 Å². The average Bonchev–Trinajstić information content (AvgIpc) is 2.91. The number of nitrogens with one attached hydrogen (secondary N) is 1. The van der Waals surface area contributed by atoms with Crippen LogP contribution in [-0.2, 0) is 15.1 Å². The number of carbonyl (C=O) groups is 3. The Balaban J connectivity index is 1.74. The number of aryl methyl sites for hydroxylation is 1. The minimum absolute atomic E-state index is 0.232. The molecule has 7 heteroatoms. The SMILES string of the molecule is Cc1ccc(C2(C)NC(=O)N(CC(=O)N(C)C(C)c3ccc(Cl)cc3)C2=O)cc1. The van der Waals surface area contributed by atoms with Crippen LogP contribution in [0.4, 0.5) is 4.79 Å². The van der Waals surface area contributed by atoms with Crippen molar-refractivity contribution in [2.24, 2.45) is 0 Å². The van der Waals surface area contributed by atoms with E-state index in [1.807, 2.05) is 50.2 Å². The van der Waals surface area contributed by atoms with E-state index in [0.717, 1.165) is 16.0 Å². The standard InChI is InChI=1S/C22H24ClN3O3/c1-14-5-9-17(10-6-14)22(3)20(28)26(21(29)24-22)13-19(27)25(4)15(2)16-7-11-18(23)12-8-16/h5-12,15H,13H2,1-4H3,(H,24,29). The number of hydrogen-bond donors (Lipinski definition) is 1. The van der Waals surface area contributed by atoms with E-state index in [4.69, 9.17) is 11.6 Å². The minimum Gasteiger partial charge on any atom is -0.337 e. The summed E-state index contributed by atoms with van der Waals surface area (Å²) in [6.45, 7) is 5.16. The molecule has 0 spiro atoms. The molecule has 0 bridgehead atoms. The molecule has 0 saturated carbocycles. The van der Waals surface area contributed by atoms with Crippen molar-refractivity contribution in [1.29, 1.82) is 0 Å². The first kappa shape index (κ1) is 20.9. The van der Waals surface area contributed by atoms with Gasteiger partial charge in [-0.05, 0) is 44.0 Å². The Morgan fingerprint density at radius 3 is 2.31 bits per heavy atom. The largest absolute Gasteiger partial charge is 0.337 e. The summed E-state index contributed by atoms with van der Waals surface area (Å²) >= 11 is 5.92. The lowest BCUT2D eigenvalue weighted by Gasteiger charge is -2.27. The van der Waals surface area contributed by atoms with Gasteiger partial charge in [0, 0.05) is 12.1 Å². The first-order chi connectivity index (χ1) is 13.6. The predicted octanol–water partition coefficient (Wildman–Crippen LogP) is 3.64. The number of hydrogen-bond acceptors (Lipinski definition) is 3. The summed E-state index contributed by atoms with van der Waals surface area (Å²) in [6, 6.07) is 13.8. The quantitative estimate of drug-likeness (QED) is 0.761. The van der Waals surface area contributed by atoms with Crippen LogP contribution >= 0.6 is 11.6 Å². The maximum absolute atomic E-state index is 13.0. The summed E-state index contributed by atoms with van der Waals surface area (Å²) in [6.07, 6.45) is 0. The molecule has 2 aromatic rings. The van der Waals surface area contributed by atoms with E-state index in [2.05, 4.69) is 5.32 Å². The third kappa shape index (κ3) is 3.98. The number of nitrogens with zero attached hydrogens (tertiary/aromatic N) is 2. The molecule has 1 aliphatic heterocycles. The third-order valence-corrected chi connectivity index (χ3v) is 5.78. The molecule has 6 nitrogen and oxygen atoms in total. The van der Waals surface area contributed by atoms with E-state index >= 15 is 0 Å². The number of carbonyl (C=O) groups excluding carboxylic acids is 3. The fourth-order valence-corrected chi connectivity index (χ4v) is 3.48. The summed E-state index contributed by atoms with van der Waals surface area (Å²) in [7, 11) is 1.65. The minimum atomic E-state index is -1.19. The van der Waals surface area contributed by atoms with Crippen LogP contribution in [0, 0.1) is 6.92 Å². The second-order valence-electron chi connectivity index (χ2n) is 7.54. The van der Waals surface area contributed by atoms with Gasteiger partial charge in [-0.2, -0.15) is 0 Å². The van der Waals surface area contributed by atoms with Crippen LogP contribution in [-0.4, -0.2) is 41.2 Å². The van der Waals surface area contributed by atoms with Gasteiger partial charge in [0.1, 0.15) is 12.1 Å². The van der Waals surface area contributed by atoms with Crippen molar-refractivity contribution in [1.82, 2.24) is 15.1 Å². The Bertz CT molecular complexity index is 943. The molecule has 0 aliphatic carbocycles. The molecule has 1 heterocycles. The third-order valence-electron chi connectivity index (χ3n) is 5.52. The zero-order valence-corrected chi connectivity index (χ0v) is 17.7. The monoisotopic (exact) mass is 413 g/mol. The van der Waals surface area contributed by atoms with Crippen molar-refractivity contribution in [3.63, 3.8) is 0 Å². The molecule has 1 N–H and O–H groups in total. The first-order valence-electron chi connectivity index (χ1n) is 9.36. The van der Waals surface area contributed by atoms with E-state index in [1.54, 1.807) is 26.1 Å². The van der Waals surface area contributed by atoms with E-state index in [9.17, 15) is 14.4 Å². The second-order valence-corrected chi connectivity index (χ2v) is 7.98. The number of amides is 4. The molecular weight excluding hydrogens is 390 g/mol. The molecule has 29 heavy (non-hydrogen) atoms. The molecule has 1 fully saturated rings. The number of benzene rings is 2. The molecule has 0 radical (unpaired) electrons. The van der Waals surface area contributed by atoms with E-state index < -0.39 is 17.5 Å². The van der Waals surface area contributed by atoms with Crippen LogP contribution in [0.3, 0.4) is 0 Å². The van der Waals surface area contributed by atoms with Crippen LogP contribution in [0.15, 0.2) is 48.5 Å². The van der Waals surface area contributed by atoms with Gasteiger partial charge in [-0.15, -0.1) is 0 Å². The molecule has 152 valence electrons. The van der Waals surface area contributed by atoms with Crippen molar-refractivity contribution in [2.45, 2.75) is 32.4 Å². The molecule has 2 aromatic carbocycles. The van der Waals surface area contributed by atoms with Crippen LogP contribution in [0.1, 0.15) is 36.6 Å². The number of urea groups is 1. The fourth-order valence-electron chi connectivity index (χ4n) is 3.35. The highest BCUT2D eigenvalue weighted by atomic mass is 35.5. The Kier molecular flexibility index (Phi) is 5.66. The van der Waals surface area contributed by atoms with Crippen molar-refractivity contribution >= 4 is 29.4 Å². The molecular formula is C22H24ClN3O3. The van der Waals surface area contributed by atoms with E-state index in [0.29, 0.717) is 10.6 Å². The normalized spacial score (nSPS) is 19.8. The van der Waals surface area contributed by atoms with Gasteiger partial charge in [0.05, 0.1) is 6.04 Å². The lowest BCUT2D eigenvalue weighted by atomic mass is 9.91. The predicted molar refractivity (Wildman–Crippen MR) is 111 cm³/mol. The maximum atomic E-state index is 13.0. The van der Waals surface area contributed by atoms with Gasteiger partial charge in [0.2, 0.25) is 5.91 Å². The van der Waals surface area contributed by atoms with Gasteiger partial charge in [0.25, 0.3) is 5.91 Å². The van der Waals surface area contributed by atoms with Crippen molar-refractivity contribution in [3.05, 3.63) is 70.2 Å². The van der Waals surface area contributed by atoms with Gasteiger partial charge in [-0.1, -0.05) is 53.6 Å². The molecule has 1 saturated heterocycles. The highest BCUT2D eigenvalue weighted by Crippen LogP contribution is 2.29. The number of likely N-dealkylation sites (N-methyl/N-ethyl adjacent to an activating group) is 1. The Hall–Kier alpha value is -2.86. The summed E-state index contributed by atoms with van der Waals surface area (Å²) in [4.78, 5) is 40.8. The first-order valence-corrected chi connectivity index (χ1v) is 9.73.